The highest BCUT2D eigenvalue weighted by molar-refractivity contribution is 5.90. The van der Waals surface area contributed by atoms with Crippen molar-refractivity contribution in [3.8, 4) is 0 Å². The molecule has 2 rings (SSSR count). The second-order valence-corrected chi connectivity index (χ2v) is 4.45. The van der Waals surface area contributed by atoms with Crippen LogP contribution in [0.25, 0.3) is 0 Å². The number of hydrogen-bond acceptors (Lipinski definition) is 4. The first-order chi connectivity index (χ1) is 10.7. The third-order valence-corrected chi connectivity index (χ3v) is 2.82. The Balaban J connectivity index is 2.22. The smallest absolute Gasteiger partial charge is 0.358 e. The second-order valence-electron chi connectivity index (χ2n) is 4.45. The Hall–Kier alpha value is -2.98. The molecule has 0 unspecified atom stereocenters. The van der Waals surface area contributed by atoms with Gasteiger partial charge in [-0.3, -0.25) is 4.79 Å². The van der Waals surface area contributed by atoms with Gasteiger partial charge in [-0.15, -0.1) is 0 Å². The number of aryl methyl sites for hydroxylation is 1. The summed E-state index contributed by atoms with van der Waals surface area (Å²) in [6.45, 7) is 0.771. The molecule has 0 radical (unpaired) electrons. The minimum atomic E-state index is -1.76. The lowest BCUT2D eigenvalue weighted by molar-refractivity contribution is -0.389. The van der Waals surface area contributed by atoms with Crippen molar-refractivity contribution in [3.63, 3.8) is 0 Å². The van der Waals surface area contributed by atoms with Gasteiger partial charge in [0, 0.05) is 6.07 Å². The molecule has 7 nitrogen and oxygen atoms in total. The summed E-state index contributed by atoms with van der Waals surface area (Å²) in [7, 11) is 0. The second kappa shape index (κ2) is 6.02. The van der Waals surface area contributed by atoms with E-state index in [4.69, 9.17) is 0 Å². The molecule has 0 fully saturated rings. The zero-order valence-corrected chi connectivity index (χ0v) is 11.4. The lowest BCUT2D eigenvalue weighted by atomic mass is 10.2. The van der Waals surface area contributed by atoms with Gasteiger partial charge in [-0.05, 0) is 11.8 Å². The van der Waals surface area contributed by atoms with Gasteiger partial charge in [-0.1, -0.05) is 0 Å². The molecule has 0 atom stereocenters. The molecular formula is C12H8F4N4O3. The van der Waals surface area contributed by atoms with E-state index in [2.05, 4.69) is 5.10 Å². The SMILES string of the molecule is Cc1cc([N+](=O)[O-])nn1CC(=O)Nc1c(F)c(F)cc(F)c1F. The van der Waals surface area contributed by atoms with Crippen molar-refractivity contribution < 1.29 is 27.3 Å². The highest BCUT2D eigenvalue weighted by Gasteiger charge is 2.22. The number of nitrogens with zero attached hydrogens (tertiary/aromatic N) is 3. The van der Waals surface area contributed by atoms with Crippen LogP contribution in [0.15, 0.2) is 12.1 Å². The number of amides is 1. The van der Waals surface area contributed by atoms with Gasteiger partial charge >= 0.3 is 5.82 Å². The van der Waals surface area contributed by atoms with E-state index in [0.29, 0.717) is 0 Å². The molecule has 1 N–H and O–H groups in total. The van der Waals surface area contributed by atoms with E-state index in [-0.39, 0.29) is 11.8 Å². The third-order valence-electron chi connectivity index (χ3n) is 2.82. The number of benzene rings is 1. The molecule has 1 amide bonds. The average Bonchev–Trinajstić information content (AvgIpc) is 2.83. The van der Waals surface area contributed by atoms with Crippen LogP contribution in [0.4, 0.5) is 29.1 Å². The molecule has 23 heavy (non-hydrogen) atoms. The maximum Gasteiger partial charge on any atom is 0.390 e. The largest absolute Gasteiger partial charge is 0.390 e. The zero-order valence-electron chi connectivity index (χ0n) is 11.4. The topological polar surface area (TPSA) is 90.1 Å². The summed E-state index contributed by atoms with van der Waals surface area (Å²) < 4.78 is 53.8. The molecule has 11 heteroatoms. The molecule has 0 saturated carbocycles. The van der Waals surface area contributed by atoms with Gasteiger partial charge in [-0.25, -0.2) is 17.6 Å². The number of aromatic nitrogens is 2. The van der Waals surface area contributed by atoms with Gasteiger partial charge < -0.3 is 15.4 Å². The van der Waals surface area contributed by atoms with Crippen molar-refractivity contribution in [1.29, 1.82) is 0 Å². The van der Waals surface area contributed by atoms with E-state index >= 15 is 0 Å². The van der Waals surface area contributed by atoms with E-state index in [1.54, 1.807) is 5.32 Å². The third kappa shape index (κ3) is 3.27. The minimum Gasteiger partial charge on any atom is -0.358 e. The molecule has 0 aliphatic carbocycles. The molecular weight excluding hydrogens is 324 g/mol. The van der Waals surface area contributed by atoms with Crippen molar-refractivity contribution in [1.82, 2.24) is 9.78 Å². The Morgan fingerprint density at radius 1 is 1.26 bits per heavy atom. The normalized spacial score (nSPS) is 10.7. The summed E-state index contributed by atoms with van der Waals surface area (Å²) in [5, 5.41) is 15.7. The monoisotopic (exact) mass is 332 g/mol. The predicted octanol–water partition coefficient (Wildman–Crippen LogP) is 2.29. The number of nitrogens with one attached hydrogen (secondary N) is 1. The first-order valence-electron chi connectivity index (χ1n) is 6.02. The van der Waals surface area contributed by atoms with Crippen LogP contribution >= 0.6 is 0 Å². The molecule has 0 bridgehead atoms. The number of carbonyl (C=O) groups is 1. The van der Waals surface area contributed by atoms with Crippen LogP contribution in [0.1, 0.15) is 5.69 Å². The van der Waals surface area contributed by atoms with E-state index in [9.17, 15) is 32.5 Å². The van der Waals surface area contributed by atoms with Crippen molar-refractivity contribution in [2.45, 2.75) is 13.5 Å². The minimum absolute atomic E-state index is 0.00132. The lowest BCUT2D eigenvalue weighted by Gasteiger charge is -2.08. The van der Waals surface area contributed by atoms with Crippen molar-refractivity contribution in [2.75, 3.05) is 5.32 Å². The van der Waals surface area contributed by atoms with Gasteiger partial charge in [0.05, 0.1) is 16.9 Å². The van der Waals surface area contributed by atoms with Crippen molar-refractivity contribution in [3.05, 3.63) is 51.2 Å². The van der Waals surface area contributed by atoms with Crippen LogP contribution < -0.4 is 5.32 Å². The van der Waals surface area contributed by atoms with E-state index in [1.807, 2.05) is 0 Å². The number of anilines is 1. The molecule has 0 aliphatic rings. The standard InChI is InChI=1S/C12H8F4N4O3/c1-5-2-8(20(22)23)18-19(5)4-9(21)17-12-10(15)6(13)3-7(14)11(12)16/h2-3H,4H2,1H3,(H,17,21). The van der Waals surface area contributed by atoms with Crippen LogP contribution in [0, 0.1) is 40.3 Å². The Morgan fingerprint density at radius 2 is 1.83 bits per heavy atom. The number of rotatable bonds is 4. The highest BCUT2D eigenvalue weighted by atomic mass is 19.2. The van der Waals surface area contributed by atoms with Crippen LogP contribution in [-0.2, 0) is 11.3 Å². The highest BCUT2D eigenvalue weighted by Crippen LogP contribution is 2.24. The zero-order chi connectivity index (χ0) is 17.3. The fourth-order valence-corrected chi connectivity index (χ4v) is 1.74. The van der Waals surface area contributed by atoms with Gasteiger partial charge in [0.1, 0.15) is 12.2 Å². The summed E-state index contributed by atoms with van der Waals surface area (Å²) in [4.78, 5) is 21.5. The van der Waals surface area contributed by atoms with Gasteiger partial charge in [0.2, 0.25) is 5.91 Å². The summed E-state index contributed by atoms with van der Waals surface area (Å²) in [5.41, 5.74) is -1.05. The summed E-state index contributed by atoms with van der Waals surface area (Å²) >= 11 is 0. The summed E-state index contributed by atoms with van der Waals surface area (Å²) in [5.74, 6) is -8.48. The molecule has 1 aromatic carbocycles. The number of nitro groups is 1. The lowest BCUT2D eigenvalue weighted by Crippen LogP contribution is -2.22. The van der Waals surface area contributed by atoms with E-state index < -0.39 is 52.1 Å². The number of halogens is 4. The van der Waals surface area contributed by atoms with E-state index in [0.717, 1.165) is 10.7 Å². The summed E-state index contributed by atoms with van der Waals surface area (Å²) in [6.07, 6.45) is 0. The molecule has 0 aliphatic heterocycles. The van der Waals surface area contributed by atoms with Crippen LogP contribution in [0.2, 0.25) is 0 Å². The first-order valence-corrected chi connectivity index (χ1v) is 6.02. The predicted molar refractivity (Wildman–Crippen MR) is 68.5 cm³/mol. The molecule has 0 saturated heterocycles. The first kappa shape index (κ1) is 16.4. The molecule has 1 heterocycles. The molecule has 122 valence electrons. The molecule has 0 spiro atoms. The molecule has 2 aromatic rings. The van der Waals surface area contributed by atoms with Crippen LogP contribution in [0.5, 0.6) is 0 Å². The number of carbonyl (C=O) groups excluding carboxylic acids is 1. The Labute approximate surface area is 125 Å². The summed E-state index contributed by atoms with van der Waals surface area (Å²) in [6, 6.07) is 1.08. The van der Waals surface area contributed by atoms with Crippen molar-refractivity contribution in [2.24, 2.45) is 0 Å². The molecule has 1 aromatic heterocycles. The Kier molecular flexibility index (Phi) is 4.29. The van der Waals surface area contributed by atoms with Gasteiger partial charge in [0.25, 0.3) is 0 Å². The van der Waals surface area contributed by atoms with E-state index in [1.165, 1.54) is 6.92 Å². The van der Waals surface area contributed by atoms with Gasteiger partial charge in [0.15, 0.2) is 23.3 Å². The van der Waals surface area contributed by atoms with Crippen LogP contribution in [-0.4, -0.2) is 20.6 Å². The van der Waals surface area contributed by atoms with Crippen molar-refractivity contribution >= 4 is 17.4 Å². The Bertz CT molecular complexity index is 780. The maximum atomic E-state index is 13.4. The average molecular weight is 332 g/mol. The number of hydrogen-bond donors (Lipinski definition) is 1. The van der Waals surface area contributed by atoms with Gasteiger partial charge in [-0.2, -0.15) is 4.68 Å². The fraction of sp³-hybridized carbons (Fsp3) is 0.167. The Morgan fingerprint density at radius 3 is 2.30 bits per heavy atom. The quantitative estimate of drug-likeness (QED) is 0.403. The maximum absolute atomic E-state index is 13.4. The fourth-order valence-electron chi connectivity index (χ4n) is 1.74. The van der Waals surface area contributed by atoms with Crippen LogP contribution in [0.3, 0.4) is 0 Å².